The quantitative estimate of drug-likeness (QED) is 0.0195. The van der Waals surface area contributed by atoms with Gasteiger partial charge in [-0.1, -0.05) is 247 Å². The minimum absolute atomic E-state index is 0.110. The van der Waals surface area contributed by atoms with Crippen molar-refractivity contribution in [2.75, 3.05) is 13.2 Å². The lowest BCUT2D eigenvalue weighted by molar-refractivity contribution is -0.305. The molecule has 0 aromatic rings. The molecule has 8 atom stereocenters. The van der Waals surface area contributed by atoms with Crippen molar-refractivity contribution in [2.24, 2.45) is 0 Å². The Morgan fingerprint density at radius 2 is 0.873 bits per heavy atom. The van der Waals surface area contributed by atoms with Crippen molar-refractivity contribution in [3.63, 3.8) is 0 Å². The van der Waals surface area contributed by atoms with Crippen LogP contribution in [0.25, 0.3) is 0 Å². The maximum absolute atomic E-state index is 13.4. The van der Waals surface area contributed by atoms with Gasteiger partial charge >= 0.3 is 5.97 Å². The van der Waals surface area contributed by atoms with Gasteiger partial charge in [-0.3, -0.25) is 9.59 Å². The Kier molecular flexibility index (Phi) is 51.8. The van der Waals surface area contributed by atoms with Crippen LogP contribution in [0, 0.1) is 0 Å². The van der Waals surface area contributed by atoms with E-state index in [0.717, 1.165) is 109 Å². The molecule has 1 saturated heterocycles. The normalized spacial score (nSPS) is 19.4. The average Bonchev–Trinajstić information content (AvgIpc) is 3.47. The molecule has 0 spiro atoms. The predicted molar refractivity (Wildman–Crippen MR) is 329 cm³/mol. The summed E-state index contributed by atoms with van der Waals surface area (Å²) >= 11 is 0. The van der Waals surface area contributed by atoms with Crippen LogP contribution in [-0.4, -0.2) is 99.6 Å². The summed E-state index contributed by atoms with van der Waals surface area (Å²) in [7, 11) is 0. The summed E-state index contributed by atoms with van der Waals surface area (Å²) in [5.41, 5.74) is 0. The maximum atomic E-state index is 13.4. The highest BCUT2D eigenvalue weighted by atomic mass is 16.7. The molecule has 11 nitrogen and oxygen atoms in total. The van der Waals surface area contributed by atoms with Crippen LogP contribution < -0.4 is 5.32 Å². The van der Waals surface area contributed by atoms with Crippen LogP contribution >= 0.6 is 0 Å². The molecule has 0 bridgehead atoms. The number of aliphatic hydroxyl groups excluding tert-OH is 5. The van der Waals surface area contributed by atoms with E-state index in [1.54, 1.807) is 6.08 Å². The molecule has 0 radical (unpaired) electrons. The van der Waals surface area contributed by atoms with Gasteiger partial charge in [0.25, 0.3) is 0 Å². The Morgan fingerprint density at radius 3 is 1.33 bits per heavy atom. The van der Waals surface area contributed by atoms with Gasteiger partial charge in [0.1, 0.15) is 24.4 Å². The molecule has 1 rings (SSSR count). The zero-order valence-electron chi connectivity index (χ0n) is 50.5. The summed E-state index contributed by atoms with van der Waals surface area (Å²) < 4.78 is 17.6. The number of esters is 1. The summed E-state index contributed by atoms with van der Waals surface area (Å²) in [4.78, 5) is 26.6. The molecular weight excluding hydrogens is 991 g/mol. The van der Waals surface area contributed by atoms with E-state index < -0.39 is 67.4 Å². The third-order valence-electron chi connectivity index (χ3n) is 14.8. The van der Waals surface area contributed by atoms with Crippen molar-refractivity contribution in [1.82, 2.24) is 5.32 Å². The number of rotatable bonds is 54. The summed E-state index contributed by atoms with van der Waals surface area (Å²) in [6.45, 7) is 5.72. The molecular formula is C68H119NO10. The lowest BCUT2D eigenvalue weighted by atomic mass is 9.99. The molecule has 1 heterocycles. The van der Waals surface area contributed by atoms with E-state index in [9.17, 15) is 35.1 Å². The van der Waals surface area contributed by atoms with Gasteiger partial charge < -0.3 is 45.1 Å². The minimum atomic E-state index is -1.62. The molecule has 0 aliphatic carbocycles. The second-order valence-corrected chi connectivity index (χ2v) is 22.1. The number of ether oxygens (including phenoxy) is 3. The molecule has 1 aliphatic heterocycles. The molecule has 11 heteroatoms. The van der Waals surface area contributed by atoms with Gasteiger partial charge in [0.15, 0.2) is 12.4 Å². The van der Waals surface area contributed by atoms with Gasteiger partial charge in [-0.2, -0.15) is 0 Å². The fraction of sp³-hybridized carbons (Fsp3) is 0.765. The van der Waals surface area contributed by atoms with Crippen LogP contribution in [0.15, 0.2) is 85.1 Å². The topological polar surface area (TPSA) is 175 Å². The van der Waals surface area contributed by atoms with Gasteiger partial charge in [-0.15, -0.1) is 0 Å². The number of nitrogens with one attached hydrogen (secondary N) is 1. The number of carbonyl (C=O) groups excluding carboxylic acids is 2. The van der Waals surface area contributed by atoms with Gasteiger partial charge in [-0.25, -0.2) is 0 Å². The number of hydrogen-bond acceptors (Lipinski definition) is 10. The highest BCUT2D eigenvalue weighted by Crippen LogP contribution is 2.26. The smallest absolute Gasteiger partial charge is 0.306 e. The minimum Gasteiger partial charge on any atom is -0.454 e. The van der Waals surface area contributed by atoms with E-state index in [1.165, 1.54) is 116 Å². The monoisotopic (exact) mass is 1110 g/mol. The summed E-state index contributed by atoms with van der Waals surface area (Å²) in [6.07, 6.45) is 61.8. The molecule has 0 aromatic heterocycles. The standard InChI is InChI=1S/C68H119NO10/c1-4-7-10-13-16-19-22-24-26-28-30-31-32-34-36-38-41-44-47-50-53-56-63(73)79-66-65(75)64(74)62(57-70)78-68(66)77-58-59(60(71)54-51-48-45-42-39-21-18-15-12-9-6-3)69-67(76)61(72)55-52-49-46-43-40-37-35-33-29-27-25-23-20-17-14-11-8-5-2/h16-17,19-20,24-27,30-31,33,35,51,54,59-62,64-66,68,70-72,74-75H,4-15,18,21-23,28-29,32,34,36-50,52-53,55-58H2,1-3H3,(H,69,76)/b19-16-,20-17-,26-24-,27-25-,31-30-,35-33-,54-51+. The van der Waals surface area contributed by atoms with Crippen LogP contribution in [-0.2, 0) is 23.8 Å². The fourth-order valence-electron chi connectivity index (χ4n) is 9.61. The van der Waals surface area contributed by atoms with E-state index in [-0.39, 0.29) is 19.4 Å². The zero-order valence-corrected chi connectivity index (χ0v) is 50.5. The second-order valence-electron chi connectivity index (χ2n) is 22.1. The molecule has 0 aromatic carbocycles. The molecule has 6 N–H and O–H groups in total. The Hall–Kier alpha value is -3.16. The van der Waals surface area contributed by atoms with Crippen molar-refractivity contribution < 1.29 is 49.3 Å². The van der Waals surface area contributed by atoms with Crippen molar-refractivity contribution in [1.29, 1.82) is 0 Å². The Morgan fingerprint density at radius 1 is 0.494 bits per heavy atom. The van der Waals surface area contributed by atoms with Crippen LogP contribution in [0.3, 0.4) is 0 Å². The first-order valence-electron chi connectivity index (χ1n) is 32.4. The number of hydrogen-bond donors (Lipinski definition) is 6. The SMILES string of the molecule is CCCCC/C=C\C/C=C\C/C=C\CCCCCCCCCCC(=O)OC1C(OCC(NC(=O)C(O)CCCCCCC/C=C\C/C=C\C/C=C\CCCCC)C(O)/C=C/CCCCCCCCCCC)OC(CO)C(O)C1O. The Balaban J connectivity index is 2.65. The largest absolute Gasteiger partial charge is 0.454 e. The molecule has 0 saturated carbocycles. The predicted octanol–water partition coefficient (Wildman–Crippen LogP) is 15.7. The first kappa shape index (κ1) is 73.9. The van der Waals surface area contributed by atoms with Crippen molar-refractivity contribution >= 4 is 11.9 Å². The van der Waals surface area contributed by atoms with E-state index >= 15 is 0 Å². The Bertz CT molecular complexity index is 1610. The van der Waals surface area contributed by atoms with Crippen LogP contribution in [0.5, 0.6) is 0 Å². The van der Waals surface area contributed by atoms with Crippen LogP contribution in [0.1, 0.15) is 271 Å². The Labute approximate surface area is 483 Å². The van der Waals surface area contributed by atoms with Gasteiger partial charge in [0.2, 0.25) is 5.91 Å². The van der Waals surface area contributed by atoms with Crippen LogP contribution in [0.2, 0.25) is 0 Å². The number of allylic oxidation sites excluding steroid dienone is 13. The molecule has 1 amide bonds. The molecule has 1 aliphatic rings. The third-order valence-corrected chi connectivity index (χ3v) is 14.8. The van der Waals surface area contributed by atoms with Gasteiger partial charge in [0, 0.05) is 6.42 Å². The number of aliphatic hydroxyl groups is 5. The molecule has 456 valence electrons. The summed E-state index contributed by atoms with van der Waals surface area (Å²) in [5, 5.41) is 57.0. The number of unbranched alkanes of at least 4 members (excludes halogenated alkanes) is 28. The maximum Gasteiger partial charge on any atom is 0.306 e. The van der Waals surface area contributed by atoms with E-state index in [0.29, 0.717) is 12.8 Å². The third kappa shape index (κ3) is 43.2. The first-order chi connectivity index (χ1) is 38.7. The number of amides is 1. The van der Waals surface area contributed by atoms with Crippen molar-refractivity contribution in [2.45, 2.75) is 320 Å². The van der Waals surface area contributed by atoms with Crippen molar-refractivity contribution in [3.05, 3.63) is 85.1 Å². The van der Waals surface area contributed by atoms with Gasteiger partial charge in [0.05, 0.1) is 25.4 Å². The number of carbonyl (C=O) groups is 2. The van der Waals surface area contributed by atoms with Crippen molar-refractivity contribution in [3.8, 4) is 0 Å². The van der Waals surface area contributed by atoms with E-state index in [2.05, 4.69) is 99.0 Å². The summed E-state index contributed by atoms with van der Waals surface area (Å²) in [6, 6.07) is -1.04. The summed E-state index contributed by atoms with van der Waals surface area (Å²) in [5.74, 6) is -1.22. The average molecular weight is 1110 g/mol. The lowest BCUT2D eigenvalue weighted by Crippen LogP contribution is -2.61. The first-order valence-corrected chi connectivity index (χ1v) is 32.4. The molecule has 79 heavy (non-hydrogen) atoms. The van der Waals surface area contributed by atoms with E-state index in [1.807, 2.05) is 6.08 Å². The van der Waals surface area contributed by atoms with Crippen LogP contribution in [0.4, 0.5) is 0 Å². The molecule has 1 fully saturated rings. The lowest BCUT2D eigenvalue weighted by Gasteiger charge is -2.41. The van der Waals surface area contributed by atoms with E-state index in [4.69, 9.17) is 14.2 Å². The highest BCUT2D eigenvalue weighted by molar-refractivity contribution is 5.80. The zero-order chi connectivity index (χ0) is 57.5. The van der Waals surface area contributed by atoms with Gasteiger partial charge in [-0.05, 0) is 103 Å². The highest BCUT2D eigenvalue weighted by Gasteiger charge is 2.47. The second kappa shape index (κ2) is 55.4. The molecule has 8 unspecified atom stereocenters. The fourth-order valence-corrected chi connectivity index (χ4v) is 9.61.